The van der Waals surface area contributed by atoms with Gasteiger partial charge in [-0.25, -0.2) is 4.79 Å². The SMILES string of the molecule is Cc1ccc(COCC2CCC([C@H](N)C(=O)N(C)C3CCC3)CC2)c(C(=O)O)c1. The number of ether oxygens (including phenoxy) is 1. The number of rotatable bonds is 8. The van der Waals surface area contributed by atoms with E-state index >= 15 is 0 Å². The van der Waals surface area contributed by atoms with Crippen molar-refractivity contribution in [3.8, 4) is 0 Å². The van der Waals surface area contributed by atoms with Crippen molar-refractivity contribution in [1.82, 2.24) is 4.90 Å². The Morgan fingerprint density at radius 1 is 1.21 bits per heavy atom. The quantitative estimate of drug-likeness (QED) is 0.696. The summed E-state index contributed by atoms with van der Waals surface area (Å²) in [5.74, 6) is -0.137. The summed E-state index contributed by atoms with van der Waals surface area (Å²) >= 11 is 0. The first-order chi connectivity index (χ1) is 13.9. The van der Waals surface area contributed by atoms with E-state index in [9.17, 15) is 14.7 Å². The molecule has 1 amide bonds. The second-order valence-electron chi connectivity index (χ2n) is 8.82. The predicted octanol–water partition coefficient (Wildman–Crippen LogP) is 3.35. The van der Waals surface area contributed by atoms with E-state index in [0.717, 1.165) is 44.1 Å². The predicted molar refractivity (Wildman–Crippen MR) is 112 cm³/mol. The molecule has 0 radical (unpaired) electrons. The van der Waals surface area contributed by atoms with Crippen molar-refractivity contribution < 1.29 is 19.4 Å². The van der Waals surface area contributed by atoms with Crippen molar-refractivity contribution in [2.45, 2.75) is 70.6 Å². The van der Waals surface area contributed by atoms with Gasteiger partial charge in [0.1, 0.15) is 0 Å². The summed E-state index contributed by atoms with van der Waals surface area (Å²) < 4.78 is 5.86. The van der Waals surface area contributed by atoms with Gasteiger partial charge in [-0.3, -0.25) is 4.79 Å². The number of nitrogens with two attached hydrogens (primary N) is 1. The first-order valence-electron chi connectivity index (χ1n) is 10.8. The van der Waals surface area contributed by atoms with E-state index in [4.69, 9.17) is 10.5 Å². The van der Waals surface area contributed by atoms with E-state index in [-0.39, 0.29) is 11.8 Å². The van der Waals surface area contributed by atoms with Crippen LogP contribution in [0, 0.1) is 18.8 Å². The van der Waals surface area contributed by atoms with Gasteiger partial charge in [-0.1, -0.05) is 17.7 Å². The van der Waals surface area contributed by atoms with E-state index in [1.165, 1.54) is 6.42 Å². The van der Waals surface area contributed by atoms with Gasteiger partial charge < -0.3 is 20.5 Å². The number of hydrogen-bond acceptors (Lipinski definition) is 4. The number of aryl methyl sites for hydroxylation is 1. The van der Waals surface area contributed by atoms with Crippen LogP contribution in [-0.4, -0.2) is 47.6 Å². The molecule has 2 fully saturated rings. The molecule has 0 aliphatic heterocycles. The highest BCUT2D eigenvalue weighted by atomic mass is 16.5. The fourth-order valence-corrected chi connectivity index (χ4v) is 4.46. The van der Waals surface area contributed by atoms with Gasteiger partial charge >= 0.3 is 5.97 Å². The molecule has 1 atom stereocenters. The van der Waals surface area contributed by atoms with Crippen molar-refractivity contribution in [2.24, 2.45) is 17.6 Å². The summed E-state index contributed by atoms with van der Waals surface area (Å²) in [5, 5.41) is 9.36. The fraction of sp³-hybridized carbons (Fsp3) is 0.652. The first-order valence-corrected chi connectivity index (χ1v) is 10.8. The third-order valence-electron chi connectivity index (χ3n) is 6.76. The van der Waals surface area contributed by atoms with Crippen molar-refractivity contribution in [2.75, 3.05) is 13.7 Å². The van der Waals surface area contributed by atoms with Crippen molar-refractivity contribution in [3.63, 3.8) is 0 Å². The van der Waals surface area contributed by atoms with Gasteiger partial charge in [0, 0.05) is 19.7 Å². The standard InChI is InChI=1S/C23H34N2O4/c1-15-6-9-18(20(12-15)23(27)28)14-29-13-16-7-10-17(11-8-16)21(24)22(26)25(2)19-4-3-5-19/h6,9,12,16-17,19,21H,3-5,7-8,10-11,13-14,24H2,1-2H3,(H,27,28)/t16?,17?,21-/m0/s1. The van der Waals surface area contributed by atoms with Crippen LogP contribution in [0.5, 0.6) is 0 Å². The topological polar surface area (TPSA) is 92.9 Å². The number of carboxylic acids is 1. The van der Waals surface area contributed by atoms with E-state index in [1.807, 2.05) is 31.0 Å². The minimum Gasteiger partial charge on any atom is -0.478 e. The van der Waals surface area contributed by atoms with Crippen LogP contribution in [0.25, 0.3) is 0 Å². The molecule has 160 valence electrons. The largest absolute Gasteiger partial charge is 0.478 e. The monoisotopic (exact) mass is 402 g/mol. The average molecular weight is 403 g/mol. The van der Waals surface area contributed by atoms with E-state index < -0.39 is 12.0 Å². The zero-order chi connectivity index (χ0) is 21.0. The molecule has 3 N–H and O–H groups in total. The molecule has 1 aromatic carbocycles. The smallest absolute Gasteiger partial charge is 0.336 e. The average Bonchev–Trinajstić information content (AvgIpc) is 2.67. The van der Waals surface area contributed by atoms with Gasteiger partial charge in [-0.05, 0) is 75.3 Å². The Morgan fingerprint density at radius 2 is 1.90 bits per heavy atom. The van der Waals surface area contributed by atoms with Crippen LogP contribution in [0.2, 0.25) is 0 Å². The van der Waals surface area contributed by atoms with Gasteiger partial charge in [0.2, 0.25) is 5.91 Å². The molecule has 1 aromatic rings. The number of amides is 1. The Bertz CT molecular complexity index is 724. The van der Waals surface area contributed by atoms with Gasteiger partial charge in [-0.15, -0.1) is 0 Å². The number of carbonyl (C=O) groups excluding carboxylic acids is 1. The maximum atomic E-state index is 12.6. The number of carbonyl (C=O) groups is 2. The Labute approximate surface area is 173 Å². The lowest BCUT2D eigenvalue weighted by Crippen LogP contribution is -2.52. The van der Waals surface area contributed by atoms with Crippen LogP contribution < -0.4 is 5.73 Å². The summed E-state index contributed by atoms with van der Waals surface area (Å²) in [7, 11) is 1.89. The van der Waals surface area contributed by atoms with Crippen molar-refractivity contribution in [3.05, 3.63) is 34.9 Å². The highest BCUT2D eigenvalue weighted by Gasteiger charge is 2.34. The number of benzene rings is 1. The lowest BCUT2D eigenvalue weighted by atomic mass is 9.78. The van der Waals surface area contributed by atoms with Crippen LogP contribution in [-0.2, 0) is 16.1 Å². The molecule has 2 aliphatic rings. The van der Waals surface area contributed by atoms with Crippen LogP contribution in [0.15, 0.2) is 18.2 Å². The van der Waals surface area contributed by atoms with E-state index in [1.54, 1.807) is 6.07 Å². The second kappa shape index (κ2) is 9.72. The highest BCUT2D eigenvalue weighted by Crippen LogP contribution is 2.32. The summed E-state index contributed by atoms with van der Waals surface area (Å²) in [4.78, 5) is 25.9. The molecule has 29 heavy (non-hydrogen) atoms. The maximum absolute atomic E-state index is 12.6. The zero-order valence-electron chi connectivity index (χ0n) is 17.6. The van der Waals surface area contributed by atoms with Crippen molar-refractivity contribution >= 4 is 11.9 Å². The van der Waals surface area contributed by atoms with Gasteiger partial charge in [-0.2, -0.15) is 0 Å². The molecule has 6 nitrogen and oxygen atoms in total. The molecule has 6 heteroatoms. The summed E-state index contributed by atoms with van der Waals surface area (Å²) in [5.41, 5.74) is 8.26. The Kier molecular flexibility index (Phi) is 7.30. The number of nitrogens with zero attached hydrogens (tertiary/aromatic N) is 1. The second-order valence-corrected chi connectivity index (χ2v) is 8.82. The molecule has 0 bridgehead atoms. The van der Waals surface area contributed by atoms with E-state index in [0.29, 0.717) is 36.3 Å². The molecule has 2 saturated carbocycles. The maximum Gasteiger partial charge on any atom is 0.336 e. The summed E-state index contributed by atoms with van der Waals surface area (Å²) in [6, 6.07) is 5.42. The molecule has 0 heterocycles. The molecule has 0 unspecified atom stereocenters. The van der Waals surface area contributed by atoms with Crippen LogP contribution in [0.3, 0.4) is 0 Å². The summed E-state index contributed by atoms with van der Waals surface area (Å²) in [6.45, 7) is 2.81. The number of aromatic carboxylic acids is 1. The number of carboxylic acid groups (broad SMARTS) is 1. The highest BCUT2D eigenvalue weighted by molar-refractivity contribution is 5.89. The minimum absolute atomic E-state index is 0.0926. The Morgan fingerprint density at radius 3 is 2.48 bits per heavy atom. The van der Waals surface area contributed by atoms with Crippen molar-refractivity contribution in [1.29, 1.82) is 0 Å². The van der Waals surface area contributed by atoms with Gasteiger partial charge in [0.15, 0.2) is 0 Å². The third-order valence-corrected chi connectivity index (χ3v) is 6.76. The van der Waals surface area contributed by atoms with Crippen LogP contribution in [0.1, 0.15) is 66.4 Å². The van der Waals surface area contributed by atoms with E-state index in [2.05, 4.69) is 0 Å². The molecular weight excluding hydrogens is 368 g/mol. The summed E-state index contributed by atoms with van der Waals surface area (Å²) in [6.07, 6.45) is 7.30. The molecule has 0 spiro atoms. The third kappa shape index (κ3) is 5.37. The lowest BCUT2D eigenvalue weighted by molar-refractivity contribution is -0.136. The first kappa shape index (κ1) is 21.8. The Hall–Kier alpha value is -1.92. The molecular formula is C23H34N2O4. The van der Waals surface area contributed by atoms with Gasteiger partial charge in [0.25, 0.3) is 0 Å². The Balaban J connectivity index is 1.42. The molecule has 2 aliphatic carbocycles. The molecule has 0 aromatic heterocycles. The normalized spacial score (nSPS) is 23.3. The van der Waals surface area contributed by atoms with Crippen LogP contribution >= 0.6 is 0 Å². The fourth-order valence-electron chi connectivity index (χ4n) is 4.46. The number of likely N-dealkylation sites (N-methyl/N-ethyl adjacent to an activating group) is 1. The minimum atomic E-state index is -0.918. The molecule has 0 saturated heterocycles. The zero-order valence-corrected chi connectivity index (χ0v) is 17.6. The number of hydrogen-bond donors (Lipinski definition) is 2. The van der Waals surface area contributed by atoms with Gasteiger partial charge in [0.05, 0.1) is 18.2 Å². The van der Waals surface area contributed by atoms with Crippen LogP contribution in [0.4, 0.5) is 0 Å². The molecule has 3 rings (SSSR count). The lowest BCUT2D eigenvalue weighted by Gasteiger charge is -2.38.